The first-order valence-corrected chi connectivity index (χ1v) is 13.6. The molecule has 0 saturated heterocycles. The summed E-state index contributed by atoms with van der Waals surface area (Å²) < 4.78 is 18.5. The molecule has 5 aromatic rings. The number of ether oxygens (including phenoxy) is 3. The van der Waals surface area contributed by atoms with Crippen molar-refractivity contribution in [3.8, 4) is 17.2 Å². The summed E-state index contributed by atoms with van der Waals surface area (Å²) in [6, 6.07) is 29.7. The van der Waals surface area contributed by atoms with E-state index in [0.717, 1.165) is 30.9 Å². The van der Waals surface area contributed by atoms with Gasteiger partial charge in [0, 0.05) is 0 Å². The zero-order valence-electron chi connectivity index (χ0n) is 21.6. The first kappa shape index (κ1) is 26.5. The van der Waals surface area contributed by atoms with E-state index in [1.54, 1.807) is 19.4 Å². The number of rotatable bonds is 9. The molecule has 7 heteroatoms. The molecule has 0 aliphatic rings. The first-order chi connectivity index (χ1) is 19.1. The molecule has 1 N–H and O–H groups in total. The lowest BCUT2D eigenvalue weighted by molar-refractivity contribution is 0.0952. The number of benzene rings is 5. The van der Waals surface area contributed by atoms with Crippen LogP contribution in [0.5, 0.6) is 17.2 Å². The Hall–Kier alpha value is -4.11. The number of methoxy groups -OCH3 is 1. The molecular weight excluding hydrogens is 603 g/mol. The number of carbonyl (C=O) groups is 1. The normalized spacial score (nSPS) is 11.2. The summed E-state index contributed by atoms with van der Waals surface area (Å²) in [7, 11) is 1.55. The van der Waals surface area contributed by atoms with Gasteiger partial charge >= 0.3 is 0 Å². The molecule has 5 aromatic carbocycles. The lowest BCUT2D eigenvalue weighted by atomic mass is 10.1. The summed E-state index contributed by atoms with van der Waals surface area (Å²) in [5.41, 5.74) is 4.89. The van der Waals surface area contributed by atoms with Crippen molar-refractivity contribution < 1.29 is 19.0 Å². The van der Waals surface area contributed by atoms with Gasteiger partial charge in [0.15, 0.2) is 11.5 Å². The molecule has 0 aliphatic heterocycles. The van der Waals surface area contributed by atoms with E-state index in [9.17, 15) is 4.79 Å². The summed E-state index contributed by atoms with van der Waals surface area (Å²) in [6.45, 7) is 2.83. The van der Waals surface area contributed by atoms with Crippen LogP contribution in [0.1, 0.15) is 28.4 Å². The number of hydrogen-bond donors (Lipinski definition) is 1. The topological polar surface area (TPSA) is 69.2 Å². The van der Waals surface area contributed by atoms with Crippen LogP contribution >= 0.6 is 22.6 Å². The third-order valence-electron chi connectivity index (χ3n) is 6.28. The van der Waals surface area contributed by atoms with E-state index >= 15 is 0 Å². The summed E-state index contributed by atoms with van der Waals surface area (Å²) >= 11 is 2.23. The average molecular weight is 630 g/mol. The minimum Gasteiger partial charge on any atom is -0.496 e. The van der Waals surface area contributed by atoms with Gasteiger partial charge in [-0.3, -0.25) is 4.79 Å². The molecule has 6 nitrogen and oxygen atoms in total. The maximum absolute atomic E-state index is 12.9. The number of hydrazone groups is 1. The number of carbonyl (C=O) groups excluding carboxylic acids is 1. The molecule has 0 heterocycles. The largest absolute Gasteiger partial charge is 0.496 e. The minimum absolute atomic E-state index is 0.358. The van der Waals surface area contributed by atoms with Crippen LogP contribution in [0, 0.1) is 3.57 Å². The summed E-state index contributed by atoms with van der Waals surface area (Å²) in [4.78, 5) is 12.9. The van der Waals surface area contributed by atoms with Gasteiger partial charge in [-0.1, -0.05) is 66.7 Å². The third-order valence-corrected chi connectivity index (χ3v) is 7.08. The average Bonchev–Trinajstić information content (AvgIpc) is 2.96. The van der Waals surface area contributed by atoms with Crippen molar-refractivity contribution in [3.63, 3.8) is 0 Å². The minimum atomic E-state index is -0.358. The molecule has 0 unspecified atom stereocenters. The Balaban J connectivity index is 1.33. The van der Waals surface area contributed by atoms with Gasteiger partial charge in [0.2, 0.25) is 0 Å². The Kier molecular flexibility index (Phi) is 8.27. The van der Waals surface area contributed by atoms with E-state index in [4.69, 9.17) is 14.2 Å². The van der Waals surface area contributed by atoms with Crippen molar-refractivity contribution >= 4 is 56.3 Å². The van der Waals surface area contributed by atoms with Crippen molar-refractivity contribution in [2.45, 2.75) is 13.5 Å². The Morgan fingerprint density at radius 3 is 2.36 bits per heavy atom. The zero-order valence-corrected chi connectivity index (χ0v) is 23.8. The van der Waals surface area contributed by atoms with Crippen LogP contribution in [0.2, 0.25) is 0 Å². The molecule has 0 radical (unpaired) electrons. The Morgan fingerprint density at radius 1 is 0.872 bits per heavy atom. The van der Waals surface area contributed by atoms with Gasteiger partial charge in [-0.05, 0) is 86.5 Å². The lowest BCUT2D eigenvalue weighted by Gasteiger charge is -2.15. The van der Waals surface area contributed by atoms with E-state index in [0.29, 0.717) is 36.0 Å². The molecule has 0 atom stereocenters. The van der Waals surface area contributed by atoms with Crippen molar-refractivity contribution in [1.82, 2.24) is 5.43 Å². The quantitative estimate of drug-likeness (QED) is 0.105. The lowest BCUT2D eigenvalue weighted by Crippen LogP contribution is -2.18. The second kappa shape index (κ2) is 12.2. The van der Waals surface area contributed by atoms with Crippen LogP contribution in [0.3, 0.4) is 0 Å². The molecular formula is C32H27IN2O4. The van der Waals surface area contributed by atoms with Crippen LogP contribution < -0.4 is 19.6 Å². The van der Waals surface area contributed by atoms with Crippen LogP contribution in [0.4, 0.5) is 0 Å². The molecule has 196 valence electrons. The van der Waals surface area contributed by atoms with Crippen LogP contribution in [0.25, 0.3) is 21.5 Å². The predicted octanol–water partition coefficient (Wildman–Crippen LogP) is 7.35. The fourth-order valence-corrected chi connectivity index (χ4v) is 5.21. The second-order valence-electron chi connectivity index (χ2n) is 8.79. The molecule has 0 aliphatic carbocycles. The summed E-state index contributed by atoms with van der Waals surface area (Å²) in [5.74, 6) is 1.42. The number of fused-ring (bicyclic) bond motifs is 2. The van der Waals surface area contributed by atoms with Crippen molar-refractivity contribution in [3.05, 3.63) is 111 Å². The summed E-state index contributed by atoms with van der Waals surface area (Å²) in [5, 5.41) is 8.47. The maximum atomic E-state index is 12.9. The second-order valence-corrected chi connectivity index (χ2v) is 9.95. The Bertz CT molecular complexity index is 1680. The Labute approximate surface area is 240 Å². The van der Waals surface area contributed by atoms with Crippen molar-refractivity contribution in [2.75, 3.05) is 13.7 Å². The number of nitrogens with one attached hydrogen (secondary N) is 1. The van der Waals surface area contributed by atoms with Crippen LogP contribution in [-0.2, 0) is 6.61 Å². The van der Waals surface area contributed by atoms with Crippen LogP contribution in [0.15, 0.2) is 96.1 Å². The van der Waals surface area contributed by atoms with Gasteiger partial charge in [-0.25, -0.2) is 5.43 Å². The highest BCUT2D eigenvalue weighted by Gasteiger charge is 2.15. The van der Waals surface area contributed by atoms with Gasteiger partial charge in [0.25, 0.3) is 5.91 Å². The van der Waals surface area contributed by atoms with E-state index in [-0.39, 0.29) is 5.91 Å². The highest BCUT2D eigenvalue weighted by atomic mass is 127. The van der Waals surface area contributed by atoms with Gasteiger partial charge < -0.3 is 14.2 Å². The molecule has 1 amide bonds. The molecule has 5 rings (SSSR count). The van der Waals surface area contributed by atoms with Crippen molar-refractivity contribution in [2.24, 2.45) is 5.10 Å². The van der Waals surface area contributed by atoms with E-state index < -0.39 is 0 Å². The summed E-state index contributed by atoms with van der Waals surface area (Å²) in [6.07, 6.45) is 1.59. The van der Waals surface area contributed by atoms with Gasteiger partial charge in [0.05, 0.1) is 29.1 Å². The monoisotopic (exact) mass is 630 g/mol. The van der Waals surface area contributed by atoms with Crippen LogP contribution in [-0.4, -0.2) is 25.8 Å². The fourth-order valence-electron chi connectivity index (χ4n) is 4.43. The smallest absolute Gasteiger partial charge is 0.275 e. The van der Waals surface area contributed by atoms with E-state index in [1.807, 2.05) is 67.6 Å². The highest BCUT2D eigenvalue weighted by Crippen LogP contribution is 2.35. The van der Waals surface area contributed by atoms with E-state index in [1.165, 1.54) is 5.39 Å². The number of hydrogen-bond acceptors (Lipinski definition) is 5. The Morgan fingerprint density at radius 2 is 1.59 bits per heavy atom. The number of halogens is 1. The zero-order chi connectivity index (χ0) is 27.2. The van der Waals surface area contributed by atoms with Crippen molar-refractivity contribution in [1.29, 1.82) is 0 Å². The first-order valence-electron chi connectivity index (χ1n) is 12.5. The molecule has 0 saturated carbocycles. The van der Waals surface area contributed by atoms with Gasteiger partial charge in [-0.15, -0.1) is 0 Å². The predicted molar refractivity (Wildman–Crippen MR) is 164 cm³/mol. The fraction of sp³-hybridized carbons (Fsp3) is 0.125. The number of amides is 1. The molecule has 0 fully saturated rings. The standard InChI is InChI=1S/C32H27IN2O4/c1-3-38-30-16-21(15-28(33)31(30)39-20-25-13-8-12-22-9-6-7-14-26(22)25)19-34-35-32(36)27-17-23-10-4-5-11-24(23)18-29(27)37-2/h4-19H,3,20H2,1-2H3,(H,35,36)/b34-19-. The molecule has 39 heavy (non-hydrogen) atoms. The van der Waals surface area contributed by atoms with E-state index in [2.05, 4.69) is 57.4 Å². The van der Waals surface area contributed by atoms with Gasteiger partial charge in [0.1, 0.15) is 12.4 Å². The molecule has 0 bridgehead atoms. The molecule has 0 aromatic heterocycles. The maximum Gasteiger partial charge on any atom is 0.275 e. The third kappa shape index (κ3) is 5.98. The highest BCUT2D eigenvalue weighted by molar-refractivity contribution is 14.1. The number of nitrogens with zero attached hydrogens (tertiary/aromatic N) is 1. The van der Waals surface area contributed by atoms with Gasteiger partial charge in [-0.2, -0.15) is 5.10 Å². The SMILES string of the molecule is CCOc1cc(/C=N\NC(=O)c2cc3ccccc3cc2OC)cc(I)c1OCc1cccc2ccccc12. The molecule has 0 spiro atoms.